The number of alkyl halides is 3. The van der Waals surface area contributed by atoms with Gasteiger partial charge in [0.1, 0.15) is 9.84 Å². The Kier molecular flexibility index (Phi) is 7.89. The fraction of sp³-hybridized carbons (Fsp3) is 0.500. The third-order valence-corrected chi connectivity index (χ3v) is 1.06. The van der Waals surface area contributed by atoms with Crippen molar-refractivity contribution in [2.24, 2.45) is 0 Å². The minimum atomic E-state index is -5.20. The molecule has 0 atom stereocenters. The van der Waals surface area contributed by atoms with Gasteiger partial charge in [-0.2, -0.15) is 13.2 Å². The summed E-state index contributed by atoms with van der Waals surface area (Å²) in [6, 6.07) is 0. The molecule has 0 saturated heterocycles. The smallest absolute Gasteiger partial charge is 1.00 e. The molecule has 0 aliphatic carbocycles. The molecule has 0 N–H and O–H groups in total. The fourth-order valence-electron chi connectivity index (χ4n) is 0. The summed E-state index contributed by atoms with van der Waals surface area (Å²) in [5.41, 5.74) is -5.20. The van der Waals surface area contributed by atoms with E-state index in [4.69, 9.17) is 0 Å². The van der Waals surface area contributed by atoms with E-state index >= 15 is 0 Å². The van der Waals surface area contributed by atoms with Gasteiger partial charge in [-0.15, -0.1) is 0 Å². The van der Waals surface area contributed by atoms with Crippen molar-refractivity contribution < 1.29 is 34.0 Å². The maximum absolute atomic E-state index is 10.9. The van der Waals surface area contributed by atoms with Crippen LogP contribution < -0.4 is 12.4 Å². The SMILES string of the molecule is [CH2-]S(=O)(=O)C(F)(F)F.[Cl-].[Mg+2]. The Hall–Kier alpha value is 0.796. The Morgan fingerprint density at radius 3 is 1.30 bits per heavy atom. The predicted molar refractivity (Wildman–Crippen MR) is 26.1 cm³/mol. The van der Waals surface area contributed by atoms with Crippen LogP contribution in [0.5, 0.6) is 0 Å². The Morgan fingerprint density at radius 1 is 1.20 bits per heavy atom. The van der Waals surface area contributed by atoms with Gasteiger partial charge in [-0.3, -0.25) is 8.42 Å². The van der Waals surface area contributed by atoms with Crippen molar-refractivity contribution in [2.75, 3.05) is 0 Å². The van der Waals surface area contributed by atoms with E-state index in [1.54, 1.807) is 0 Å². The number of hydrogen-bond donors (Lipinski definition) is 0. The van der Waals surface area contributed by atoms with Crippen LogP contribution in [0.3, 0.4) is 0 Å². The molecule has 0 aliphatic heterocycles. The second-order valence-electron chi connectivity index (χ2n) is 1.06. The Balaban J connectivity index is -0.000000245. The molecule has 0 amide bonds. The van der Waals surface area contributed by atoms with Gasteiger partial charge in [-0.1, -0.05) is 0 Å². The number of halogens is 4. The zero-order valence-electron chi connectivity index (χ0n) is 4.65. The Labute approximate surface area is 78.6 Å². The average Bonchev–Trinajstić information content (AvgIpc) is 1.25. The van der Waals surface area contributed by atoms with Crippen LogP contribution in [0.4, 0.5) is 13.2 Å². The van der Waals surface area contributed by atoms with Crippen molar-refractivity contribution in [3.8, 4) is 0 Å². The first-order valence-corrected chi connectivity index (χ1v) is 3.05. The van der Waals surface area contributed by atoms with Crippen molar-refractivity contribution in [1.29, 1.82) is 0 Å². The molecule has 0 fully saturated rings. The van der Waals surface area contributed by atoms with Crippen LogP contribution in [0.15, 0.2) is 0 Å². The fourth-order valence-corrected chi connectivity index (χ4v) is 0. The first-order chi connectivity index (χ1) is 3.25. The van der Waals surface area contributed by atoms with E-state index in [1.165, 1.54) is 0 Å². The van der Waals surface area contributed by atoms with E-state index < -0.39 is 15.3 Å². The molecule has 0 aliphatic rings. The van der Waals surface area contributed by atoms with Gasteiger partial charge in [0.15, 0.2) is 0 Å². The molecule has 0 heterocycles. The maximum atomic E-state index is 10.9. The van der Waals surface area contributed by atoms with Crippen LogP contribution in [-0.2, 0) is 9.84 Å². The zero-order chi connectivity index (χ0) is 7.00. The number of sulfone groups is 1. The Bertz CT molecular complexity index is 173. The molecule has 0 aromatic rings. The minimum absolute atomic E-state index is 0. The van der Waals surface area contributed by atoms with Crippen molar-refractivity contribution >= 4 is 32.9 Å². The average molecular weight is 207 g/mol. The van der Waals surface area contributed by atoms with Crippen molar-refractivity contribution in [3.63, 3.8) is 0 Å². The first kappa shape index (κ1) is 17.0. The largest absolute Gasteiger partial charge is 2.00 e. The summed E-state index contributed by atoms with van der Waals surface area (Å²) in [6.45, 7) is 0. The Morgan fingerprint density at radius 2 is 1.30 bits per heavy atom. The predicted octanol–water partition coefficient (Wildman–Crippen LogP) is -2.66. The normalized spacial score (nSPS) is 11.2. The van der Waals surface area contributed by atoms with E-state index in [9.17, 15) is 21.6 Å². The molecule has 2 nitrogen and oxygen atoms in total. The summed E-state index contributed by atoms with van der Waals surface area (Å²) in [5, 5.41) is 0. The summed E-state index contributed by atoms with van der Waals surface area (Å²) in [5.74, 6) is 0. The van der Waals surface area contributed by atoms with Crippen molar-refractivity contribution in [3.05, 3.63) is 6.26 Å². The topological polar surface area (TPSA) is 34.1 Å². The second kappa shape index (κ2) is 4.63. The monoisotopic (exact) mass is 206 g/mol. The standard InChI is InChI=1S/C2H2F3O2S.ClH.Mg/c1-8(6,7)2(3,4)5;;/h1H2;1H;/q-1;;+2/p-1. The molecule has 0 aromatic heterocycles. The van der Waals surface area contributed by atoms with Crippen LogP contribution in [-0.4, -0.2) is 37.0 Å². The summed E-state index contributed by atoms with van der Waals surface area (Å²) in [7, 11) is -5.09. The molecular weight excluding hydrogens is 205 g/mol. The summed E-state index contributed by atoms with van der Waals surface area (Å²) >= 11 is 0. The molecule has 0 saturated carbocycles. The summed E-state index contributed by atoms with van der Waals surface area (Å²) < 4.78 is 51.6. The molecule has 0 unspecified atom stereocenters. The van der Waals surface area contributed by atoms with E-state index in [2.05, 4.69) is 0 Å². The third-order valence-electron chi connectivity index (χ3n) is 0.353. The van der Waals surface area contributed by atoms with Gasteiger partial charge in [0.2, 0.25) is 0 Å². The van der Waals surface area contributed by atoms with Gasteiger partial charge in [0.05, 0.1) is 0 Å². The summed E-state index contributed by atoms with van der Waals surface area (Å²) in [6.07, 6.45) is 1.89. The first-order valence-electron chi connectivity index (χ1n) is 1.39. The molecule has 58 valence electrons. The quantitative estimate of drug-likeness (QED) is 0.320. The second-order valence-corrected chi connectivity index (χ2v) is 2.75. The van der Waals surface area contributed by atoms with Gasteiger partial charge in [0, 0.05) is 0 Å². The van der Waals surface area contributed by atoms with Crippen LogP contribution in [0.1, 0.15) is 0 Å². The van der Waals surface area contributed by atoms with E-state index in [0.29, 0.717) is 0 Å². The van der Waals surface area contributed by atoms with Gasteiger partial charge in [0.25, 0.3) is 0 Å². The maximum Gasteiger partial charge on any atom is 2.00 e. The molecular formula is C2H2ClF3MgO2S. The van der Waals surface area contributed by atoms with Crippen LogP contribution in [0.2, 0.25) is 0 Å². The molecule has 10 heavy (non-hydrogen) atoms. The molecule has 0 radical (unpaired) electrons. The molecule has 8 heteroatoms. The minimum Gasteiger partial charge on any atom is -1.00 e. The number of rotatable bonds is 0. The molecule has 0 rings (SSSR count). The number of hydrogen-bond acceptors (Lipinski definition) is 2. The summed E-state index contributed by atoms with van der Waals surface area (Å²) in [4.78, 5) is 0. The molecule has 0 bridgehead atoms. The van der Waals surface area contributed by atoms with Gasteiger partial charge in [-0.25, -0.2) is 6.26 Å². The van der Waals surface area contributed by atoms with Gasteiger partial charge in [-0.05, 0) is 0 Å². The van der Waals surface area contributed by atoms with E-state index in [0.717, 1.165) is 0 Å². The van der Waals surface area contributed by atoms with Crippen LogP contribution in [0.25, 0.3) is 0 Å². The van der Waals surface area contributed by atoms with Crippen LogP contribution in [0, 0.1) is 6.26 Å². The van der Waals surface area contributed by atoms with Gasteiger partial charge < -0.3 is 12.4 Å². The zero-order valence-corrected chi connectivity index (χ0v) is 7.64. The molecule has 0 aromatic carbocycles. The van der Waals surface area contributed by atoms with Crippen molar-refractivity contribution in [1.82, 2.24) is 0 Å². The van der Waals surface area contributed by atoms with Crippen molar-refractivity contribution in [2.45, 2.75) is 5.51 Å². The van der Waals surface area contributed by atoms with E-state index in [-0.39, 0.29) is 35.5 Å². The molecule has 0 spiro atoms. The van der Waals surface area contributed by atoms with Gasteiger partial charge >= 0.3 is 28.6 Å². The third kappa shape index (κ3) is 5.57. The van der Waals surface area contributed by atoms with E-state index in [1.807, 2.05) is 6.26 Å². The van der Waals surface area contributed by atoms with Crippen LogP contribution >= 0.6 is 0 Å².